The normalized spacial score (nSPS) is 17.3. The molecule has 4 amide bonds. The third kappa shape index (κ3) is 8.20. The van der Waals surface area contributed by atoms with Gasteiger partial charge in [0.25, 0.3) is 0 Å². The number of amides is 4. The Labute approximate surface area is 267 Å². The number of rotatable bonds is 12. The van der Waals surface area contributed by atoms with Crippen LogP contribution in [-0.4, -0.2) is 48.5 Å². The molecule has 0 radical (unpaired) electrons. The highest BCUT2D eigenvalue weighted by Crippen LogP contribution is 2.25. The average molecular weight is 624 g/mol. The number of hydrogen-bond acceptors (Lipinski definition) is 7. The molecule has 1 heterocycles. The van der Waals surface area contributed by atoms with E-state index in [1.807, 2.05) is 54.6 Å². The van der Waals surface area contributed by atoms with E-state index in [1.165, 1.54) is 26.2 Å². The van der Waals surface area contributed by atoms with E-state index in [-0.39, 0.29) is 17.9 Å². The van der Waals surface area contributed by atoms with Gasteiger partial charge >= 0.3 is 5.97 Å². The second-order valence-corrected chi connectivity index (χ2v) is 11.5. The van der Waals surface area contributed by atoms with Crippen molar-refractivity contribution in [1.82, 2.24) is 16.0 Å². The molecule has 10 nitrogen and oxygen atoms in total. The van der Waals surface area contributed by atoms with Crippen molar-refractivity contribution in [2.45, 2.75) is 39.3 Å². The summed E-state index contributed by atoms with van der Waals surface area (Å²) in [6.45, 7) is 4.93. The van der Waals surface area contributed by atoms with Crippen molar-refractivity contribution >= 4 is 41.5 Å². The minimum Gasteiger partial charge on any atom is -0.465 e. The molecule has 0 spiro atoms. The van der Waals surface area contributed by atoms with E-state index >= 15 is 0 Å². The Balaban J connectivity index is 1.51. The van der Waals surface area contributed by atoms with Gasteiger partial charge in [-0.15, -0.1) is 0 Å². The lowest BCUT2D eigenvalue weighted by Gasteiger charge is -2.26. The summed E-state index contributed by atoms with van der Waals surface area (Å²) in [5.41, 5.74) is 3.59. The number of methoxy groups -OCH3 is 1. The molecule has 0 aromatic heterocycles. The number of hydrogen-bond donors (Lipinski definition) is 3. The van der Waals surface area contributed by atoms with Crippen LogP contribution in [0.25, 0.3) is 17.2 Å². The van der Waals surface area contributed by atoms with Gasteiger partial charge in [0.2, 0.25) is 23.6 Å². The minimum absolute atomic E-state index is 0.231. The lowest BCUT2D eigenvalue weighted by Crippen LogP contribution is -2.49. The Morgan fingerprint density at radius 1 is 0.870 bits per heavy atom. The van der Waals surface area contributed by atoms with Crippen LogP contribution >= 0.6 is 0 Å². The van der Waals surface area contributed by atoms with Crippen LogP contribution in [0.5, 0.6) is 0 Å². The summed E-state index contributed by atoms with van der Waals surface area (Å²) >= 11 is 0. The summed E-state index contributed by atoms with van der Waals surface area (Å²) in [4.78, 5) is 76.4. The van der Waals surface area contributed by atoms with E-state index < -0.39 is 59.3 Å². The summed E-state index contributed by atoms with van der Waals surface area (Å²) in [7, 11) is 1.25. The average Bonchev–Trinajstić information content (AvgIpc) is 3.32. The summed E-state index contributed by atoms with van der Waals surface area (Å²) in [6.07, 6.45) is 2.72. The predicted molar refractivity (Wildman–Crippen MR) is 172 cm³/mol. The Bertz CT molecular complexity index is 1650. The number of imide groups is 1. The topological polar surface area (TPSA) is 148 Å². The number of nitrogens with one attached hydrogen (secondary N) is 3. The third-order valence-corrected chi connectivity index (χ3v) is 7.90. The highest BCUT2D eigenvalue weighted by Gasteiger charge is 2.46. The molecule has 1 aliphatic rings. The van der Waals surface area contributed by atoms with Crippen molar-refractivity contribution in [2.24, 2.45) is 17.8 Å². The molecule has 10 heteroatoms. The Morgan fingerprint density at radius 2 is 1.54 bits per heavy atom. The molecule has 3 N–H and O–H groups in total. The fourth-order valence-electron chi connectivity index (χ4n) is 5.31. The molecule has 46 heavy (non-hydrogen) atoms. The first-order chi connectivity index (χ1) is 22.0. The molecular formula is C36H37N3O7. The SMILES string of the molecule is COC(=O)c1cccc(C(CC(=O)N[C@H](C(=O)[C@@H]2C(=O)NC(=O)[C@H]2C)C(C)C)NC(=O)/C=C/c2ccc(-c3ccccc3)cc2)c1. The smallest absolute Gasteiger partial charge is 0.337 e. The van der Waals surface area contributed by atoms with Crippen LogP contribution in [0.2, 0.25) is 0 Å². The lowest BCUT2D eigenvalue weighted by molar-refractivity contribution is -0.137. The molecule has 0 aliphatic carbocycles. The monoisotopic (exact) mass is 623 g/mol. The number of carbonyl (C=O) groups is 6. The van der Waals surface area contributed by atoms with Crippen LogP contribution in [0.15, 0.2) is 84.9 Å². The molecule has 4 atom stereocenters. The van der Waals surface area contributed by atoms with E-state index in [0.717, 1.165) is 16.7 Å². The third-order valence-electron chi connectivity index (χ3n) is 7.90. The summed E-state index contributed by atoms with van der Waals surface area (Å²) in [5, 5.41) is 7.71. The van der Waals surface area contributed by atoms with Gasteiger partial charge in [0.1, 0.15) is 5.92 Å². The maximum absolute atomic E-state index is 13.4. The van der Waals surface area contributed by atoms with Crippen LogP contribution in [0.3, 0.4) is 0 Å². The van der Waals surface area contributed by atoms with E-state index in [9.17, 15) is 28.8 Å². The van der Waals surface area contributed by atoms with Gasteiger partial charge in [-0.25, -0.2) is 4.79 Å². The van der Waals surface area contributed by atoms with Gasteiger partial charge in [0.05, 0.1) is 37.1 Å². The lowest BCUT2D eigenvalue weighted by atomic mass is 9.85. The summed E-state index contributed by atoms with van der Waals surface area (Å²) < 4.78 is 4.83. The van der Waals surface area contributed by atoms with Gasteiger partial charge in [0.15, 0.2) is 5.78 Å². The molecule has 238 valence electrons. The first-order valence-corrected chi connectivity index (χ1v) is 15.0. The Morgan fingerprint density at radius 3 is 2.15 bits per heavy atom. The molecular weight excluding hydrogens is 586 g/mol. The van der Waals surface area contributed by atoms with Crippen LogP contribution in [0.1, 0.15) is 54.7 Å². The highest BCUT2D eigenvalue weighted by atomic mass is 16.5. The van der Waals surface area contributed by atoms with Crippen molar-refractivity contribution in [1.29, 1.82) is 0 Å². The fourth-order valence-corrected chi connectivity index (χ4v) is 5.31. The van der Waals surface area contributed by atoms with Crippen LogP contribution in [0, 0.1) is 17.8 Å². The molecule has 1 fully saturated rings. The first kappa shape index (κ1) is 33.5. The predicted octanol–water partition coefficient (Wildman–Crippen LogP) is 4.02. The van der Waals surface area contributed by atoms with Gasteiger partial charge in [0, 0.05) is 6.08 Å². The van der Waals surface area contributed by atoms with E-state index in [0.29, 0.717) is 5.56 Å². The van der Waals surface area contributed by atoms with Crippen molar-refractivity contribution in [3.05, 3.63) is 102 Å². The molecule has 1 unspecified atom stereocenters. The number of esters is 1. The molecule has 0 bridgehead atoms. The second kappa shape index (κ2) is 15.1. The molecule has 3 aromatic rings. The molecule has 3 aromatic carbocycles. The van der Waals surface area contributed by atoms with Gasteiger partial charge in [-0.1, -0.05) is 87.5 Å². The maximum atomic E-state index is 13.4. The molecule has 0 saturated carbocycles. The summed E-state index contributed by atoms with van der Waals surface area (Å²) in [5.74, 6) is -5.88. The van der Waals surface area contributed by atoms with Crippen molar-refractivity contribution in [3.8, 4) is 11.1 Å². The van der Waals surface area contributed by atoms with Crippen LogP contribution < -0.4 is 16.0 Å². The standard InChI is InChI=1S/C36H37N3O7/c1-21(2)32(33(42)31-22(3)34(43)39-35(31)44)38-30(41)20-28(26-11-8-12-27(19-26)36(45)46-4)37-29(40)18-15-23-13-16-25(17-14-23)24-9-6-5-7-10-24/h5-19,21-22,28,31-32H,20H2,1-4H3,(H,37,40)(H,38,41)(H,39,43,44)/b18-15+/t22-,28?,31+,32-/m0/s1. The van der Waals surface area contributed by atoms with Gasteiger partial charge < -0.3 is 15.4 Å². The minimum atomic E-state index is -1.21. The maximum Gasteiger partial charge on any atom is 0.337 e. The van der Waals surface area contributed by atoms with Gasteiger partial charge in [-0.05, 0) is 46.4 Å². The Kier molecular flexibility index (Phi) is 11.0. The van der Waals surface area contributed by atoms with E-state index in [2.05, 4.69) is 16.0 Å². The van der Waals surface area contributed by atoms with Crippen molar-refractivity contribution < 1.29 is 33.5 Å². The van der Waals surface area contributed by atoms with Crippen molar-refractivity contribution in [3.63, 3.8) is 0 Å². The number of ether oxygens (including phenoxy) is 1. The van der Waals surface area contributed by atoms with E-state index in [4.69, 9.17) is 4.74 Å². The number of ketones is 1. The summed E-state index contributed by atoms with van der Waals surface area (Å²) in [6, 6.07) is 22.0. The molecule has 1 saturated heterocycles. The highest BCUT2D eigenvalue weighted by molar-refractivity contribution is 6.16. The fraction of sp³-hybridized carbons (Fsp3) is 0.278. The quantitative estimate of drug-likeness (QED) is 0.120. The zero-order chi connectivity index (χ0) is 33.4. The number of Topliss-reactive ketones (excluding diaryl/α,β-unsaturated/α-hetero) is 1. The number of benzene rings is 3. The number of carbonyl (C=O) groups excluding carboxylic acids is 6. The van der Waals surface area contributed by atoms with Gasteiger partial charge in [-0.2, -0.15) is 0 Å². The molecule has 1 aliphatic heterocycles. The van der Waals surface area contributed by atoms with Crippen LogP contribution in [-0.2, 0) is 28.7 Å². The van der Waals surface area contributed by atoms with Gasteiger partial charge in [-0.3, -0.25) is 29.3 Å². The largest absolute Gasteiger partial charge is 0.465 e. The van der Waals surface area contributed by atoms with Crippen molar-refractivity contribution in [2.75, 3.05) is 7.11 Å². The second-order valence-electron chi connectivity index (χ2n) is 11.5. The molecule has 4 rings (SSSR count). The Hall–Kier alpha value is -5.38. The zero-order valence-electron chi connectivity index (χ0n) is 26.1. The van der Waals surface area contributed by atoms with E-state index in [1.54, 1.807) is 38.1 Å². The van der Waals surface area contributed by atoms with Crippen LogP contribution in [0.4, 0.5) is 0 Å². The first-order valence-electron chi connectivity index (χ1n) is 15.0. The zero-order valence-corrected chi connectivity index (χ0v) is 26.1.